The summed E-state index contributed by atoms with van der Waals surface area (Å²) in [5.74, 6) is 1.67. The molecular formula is C20H31N3O2. The van der Waals surface area contributed by atoms with Gasteiger partial charge < -0.3 is 20.3 Å². The van der Waals surface area contributed by atoms with Gasteiger partial charge in [-0.1, -0.05) is 31.0 Å². The molecule has 2 aliphatic rings. The third-order valence-electron chi connectivity index (χ3n) is 5.40. The summed E-state index contributed by atoms with van der Waals surface area (Å²) < 4.78 is 5.87. The second kappa shape index (κ2) is 8.68. The number of nitrogens with zero attached hydrogens (tertiary/aromatic N) is 1. The number of ether oxygens (including phenoxy) is 1. The summed E-state index contributed by atoms with van der Waals surface area (Å²) in [6.45, 7) is 2.03. The summed E-state index contributed by atoms with van der Waals surface area (Å²) in [5, 5.41) is 6.64. The number of rotatable bonds is 7. The van der Waals surface area contributed by atoms with E-state index in [4.69, 9.17) is 4.74 Å². The Morgan fingerprint density at radius 1 is 1.28 bits per heavy atom. The second-order valence-electron chi connectivity index (χ2n) is 7.58. The Kier molecular flexibility index (Phi) is 6.32. The SMILES string of the molecule is CN(C)CCOc1ccccc1CNC(=O)C1CC2CCCCC2N1. The molecule has 5 nitrogen and oxygen atoms in total. The average molecular weight is 345 g/mol. The highest BCUT2D eigenvalue weighted by molar-refractivity contribution is 5.82. The van der Waals surface area contributed by atoms with Crippen LogP contribution < -0.4 is 15.4 Å². The van der Waals surface area contributed by atoms with Gasteiger partial charge in [-0.2, -0.15) is 0 Å². The fourth-order valence-electron chi connectivity index (χ4n) is 3.96. The topological polar surface area (TPSA) is 53.6 Å². The quantitative estimate of drug-likeness (QED) is 0.795. The van der Waals surface area contributed by atoms with Gasteiger partial charge in [0.25, 0.3) is 0 Å². The maximum Gasteiger partial charge on any atom is 0.237 e. The Morgan fingerprint density at radius 2 is 2.08 bits per heavy atom. The number of likely N-dealkylation sites (N-methyl/N-ethyl adjacent to an activating group) is 1. The van der Waals surface area contributed by atoms with Gasteiger partial charge in [0, 0.05) is 24.7 Å². The number of carbonyl (C=O) groups is 1. The van der Waals surface area contributed by atoms with Crippen molar-refractivity contribution >= 4 is 5.91 Å². The van der Waals surface area contributed by atoms with Crippen LogP contribution in [0, 0.1) is 5.92 Å². The van der Waals surface area contributed by atoms with Crippen LogP contribution >= 0.6 is 0 Å². The molecule has 3 atom stereocenters. The van der Waals surface area contributed by atoms with Crippen molar-refractivity contribution in [2.75, 3.05) is 27.2 Å². The Morgan fingerprint density at radius 3 is 2.88 bits per heavy atom. The molecule has 1 saturated heterocycles. The van der Waals surface area contributed by atoms with Crippen molar-refractivity contribution in [2.45, 2.75) is 50.7 Å². The molecule has 0 bridgehead atoms. The lowest BCUT2D eigenvalue weighted by atomic mass is 9.85. The van der Waals surface area contributed by atoms with Gasteiger partial charge in [-0.3, -0.25) is 4.79 Å². The molecule has 0 aromatic heterocycles. The number of benzene rings is 1. The van der Waals surface area contributed by atoms with Gasteiger partial charge in [-0.15, -0.1) is 0 Å². The van der Waals surface area contributed by atoms with Crippen molar-refractivity contribution in [3.8, 4) is 5.75 Å². The van der Waals surface area contributed by atoms with E-state index in [0.717, 1.165) is 24.3 Å². The number of para-hydroxylation sites is 1. The first-order valence-corrected chi connectivity index (χ1v) is 9.52. The Balaban J connectivity index is 1.50. The first-order valence-electron chi connectivity index (χ1n) is 9.52. The number of hydrogen-bond acceptors (Lipinski definition) is 4. The molecule has 25 heavy (non-hydrogen) atoms. The third-order valence-corrected chi connectivity index (χ3v) is 5.40. The predicted octanol–water partition coefficient (Wildman–Crippen LogP) is 2.16. The first kappa shape index (κ1) is 18.2. The number of hydrogen-bond donors (Lipinski definition) is 2. The van der Waals surface area contributed by atoms with Gasteiger partial charge in [-0.05, 0) is 45.3 Å². The Labute approximate surface area is 151 Å². The summed E-state index contributed by atoms with van der Waals surface area (Å²) in [5.41, 5.74) is 1.03. The highest BCUT2D eigenvalue weighted by Crippen LogP contribution is 2.33. The molecule has 1 aliphatic carbocycles. The molecule has 0 radical (unpaired) electrons. The number of fused-ring (bicyclic) bond motifs is 1. The zero-order valence-electron chi connectivity index (χ0n) is 15.5. The van der Waals surface area contributed by atoms with Gasteiger partial charge in [0.05, 0.1) is 6.04 Å². The van der Waals surface area contributed by atoms with Gasteiger partial charge in [0.2, 0.25) is 5.91 Å². The largest absolute Gasteiger partial charge is 0.492 e. The van der Waals surface area contributed by atoms with Crippen LogP contribution in [-0.4, -0.2) is 50.1 Å². The van der Waals surface area contributed by atoms with E-state index in [2.05, 4.69) is 15.5 Å². The highest BCUT2D eigenvalue weighted by atomic mass is 16.5. The molecule has 1 saturated carbocycles. The number of carbonyl (C=O) groups excluding carboxylic acids is 1. The summed E-state index contributed by atoms with van der Waals surface area (Å²) >= 11 is 0. The van der Waals surface area contributed by atoms with Gasteiger partial charge in [0.1, 0.15) is 12.4 Å². The van der Waals surface area contributed by atoms with Crippen molar-refractivity contribution in [3.05, 3.63) is 29.8 Å². The number of nitrogens with one attached hydrogen (secondary N) is 2. The van der Waals surface area contributed by atoms with Crippen LogP contribution in [0.15, 0.2) is 24.3 Å². The lowest BCUT2D eigenvalue weighted by Gasteiger charge is -2.24. The van der Waals surface area contributed by atoms with E-state index in [9.17, 15) is 4.79 Å². The van der Waals surface area contributed by atoms with Crippen molar-refractivity contribution in [2.24, 2.45) is 5.92 Å². The van der Waals surface area contributed by atoms with E-state index in [-0.39, 0.29) is 11.9 Å². The second-order valence-corrected chi connectivity index (χ2v) is 7.58. The van der Waals surface area contributed by atoms with Crippen LogP contribution in [0.25, 0.3) is 0 Å². The van der Waals surface area contributed by atoms with E-state index in [1.165, 1.54) is 25.7 Å². The molecule has 2 N–H and O–H groups in total. The van der Waals surface area contributed by atoms with Gasteiger partial charge in [0.15, 0.2) is 0 Å². The molecule has 1 amide bonds. The zero-order valence-corrected chi connectivity index (χ0v) is 15.5. The monoisotopic (exact) mass is 345 g/mol. The van der Waals surface area contributed by atoms with E-state index < -0.39 is 0 Å². The van der Waals surface area contributed by atoms with Crippen molar-refractivity contribution < 1.29 is 9.53 Å². The van der Waals surface area contributed by atoms with Crippen LogP contribution in [0.1, 0.15) is 37.7 Å². The molecule has 1 aliphatic heterocycles. The molecule has 1 heterocycles. The van der Waals surface area contributed by atoms with Crippen LogP contribution in [0.2, 0.25) is 0 Å². The zero-order chi connectivity index (χ0) is 17.6. The maximum atomic E-state index is 12.6. The predicted molar refractivity (Wildman–Crippen MR) is 99.6 cm³/mol. The van der Waals surface area contributed by atoms with Gasteiger partial charge in [-0.25, -0.2) is 0 Å². The fourth-order valence-corrected chi connectivity index (χ4v) is 3.96. The van der Waals surface area contributed by atoms with E-state index >= 15 is 0 Å². The molecular weight excluding hydrogens is 314 g/mol. The third kappa shape index (κ3) is 4.95. The number of amides is 1. The summed E-state index contributed by atoms with van der Waals surface area (Å²) in [6.07, 6.45) is 6.08. The highest BCUT2D eigenvalue weighted by Gasteiger charge is 2.38. The minimum atomic E-state index is -0.0325. The fraction of sp³-hybridized carbons (Fsp3) is 0.650. The summed E-state index contributed by atoms with van der Waals surface area (Å²) in [6, 6.07) is 8.47. The maximum absolute atomic E-state index is 12.6. The Hall–Kier alpha value is -1.59. The molecule has 5 heteroatoms. The van der Waals surface area contributed by atoms with E-state index in [0.29, 0.717) is 25.1 Å². The smallest absolute Gasteiger partial charge is 0.237 e. The van der Waals surface area contributed by atoms with Crippen LogP contribution in [0.3, 0.4) is 0 Å². The van der Waals surface area contributed by atoms with Crippen molar-refractivity contribution in [3.63, 3.8) is 0 Å². The minimum Gasteiger partial charge on any atom is -0.492 e. The normalized spacial score (nSPS) is 25.6. The molecule has 138 valence electrons. The molecule has 3 rings (SSSR count). The molecule has 2 fully saturated rings. The molecule has 3 unspecified atom stereocenters. The average Bonchev–Trinajstić information content (AvgIpc) is 3.04. The van der Waals surface area contributed by atoms with E-state index in [1.54, 1.807) is 0 Å². The lowest BCUT2D eigenvalue weighted by Crippen LogP contribution is -2.42. The van der Waals surface area contributed by atoms with Gasteiger partial charge >= 0.3 is 0 Å². The van der Waals surface area contributed by atoms with E-state index in [1.807, 2.05) is 38.4 Å². The van der Waals surface area contributed by atoms with Crippen LogP contribution in [0.5, 0.6) is 5.75 Å². The minimum absolute atomic E-state index is 0.0325. The molecule has 1 aromatic carbocycles. The first-order chi connectivity index (χ1) is 12.1. The summed E-state index contributed by atoms with van der Waals surface area (Å²) in [7, 11) is 4.06. The van der Waals surface area contributed by atoms with Crippen LogP contribution in [-0.2, 0) is 11.3 Å². The Bertz CT molecular complexity index is 562. The standard InChI is InChI=1S/C20H31N3O2/c1-23(2)11-12-25-19-10-6-4-8-16(19)14-21-20(24)18-13-15-7-3-5-9-17(15)22-18/h4,6,8,10,15,17-18,22H,3,5,7,9,11-14H2,1-2H3,(H,21,24). The molecule has 1 aromatic rings. The van der Waals surface area contributed by atoms with Crippen molar-refractivity contribution in [1.29, 1.82) is 0 Å². The summed E-state index contributed by atoms with van der Waals surface area (Å²) in [4.78, 5) is 14.6. The molecule has 0 spiro atoms. The van der Waals surface area contributed by atoms with Crippen molar-refractivity contribution in [1.82, 2.24) is 15.5 Å². The lowest BCUT2D eigenvalue weighted by molar-refractivity contribution is -0.123. The van der Waals surface area contributed by atoms with Crippen LogP contribution in [0.4, 0.5) is 0 Å².